The van der Waals surface area contributed by atoms with E-state index in [1.807, 2.05) is 6.92 Å². The van der Waals surface area contributed by atoms with Gasteiger partial charge in [-0.05, 0) is 28.4 Å². The number of hydrogen-bond donors (Lipinski definition) is 1. The number of amides is 1. The molecule has 1 aliphatic rings. The van der Waals surface area contributed by atoms with Gasteiger partial charge in [0, 0.05) is 19.2 Å². The highest BCUT2D eigenvalue weighted by atomic mass is 79.9. The Bertz CT molecular complexity index is 683. The van der Waals surface area contributed by atoms with Gasteiger partial charge in [-0.1, -0.05) is 25.1 Å². The summed E-state index contributed by atoms with van der Waals surface area (Å²) >= 11 is 3.35. The van der Waals surface area contributed by atoms with Gasteiger partial charge in [0.05, 0.1) is 9.38 Å². The van der Waals surface area contributed by atoms with E-state index in [1.165, 1.54) is 13.1 Å². The maximum atomic E-state index is 12.4. The minimum atomic E-state index is -3.69. The van der Waals surface area contributed by atoms with Gasteiger partial charge in [0.1, 0.15) is 5.70 Å². The predicted octanol–water partition coefficient (Wildman–Crippen LogP) is 1.91. The van der Waals surface area contributed by atoms with E-state index < -0.39 is 15.9 Å². The SMILES string of the molecule is CCCNC(=O)C1=C(Br)c2ccccc2S(=O)(=O)N1C. The van der Waals surface area contributed by atoms with Crippen molar-refractivity contribution in [1.29, 1.82) is 0 Å². The van der Waals surface area contributed by atoms with E-state index in [9.17, 15) is 13.2 Å². The first-order valence-corrected chi connectivity index (χ1v) is 8.41. The lowest BCUT2D eigenvalue weighted by molar-refractivity contribution is -0.118. The lowest BCUT2D eigenvalue weighted by Crippen LogP contribution is -2.39. The van der Waals surface area contributed by atoms with Crippen molar-refractivity contribution < 1.29 is 13.2 Å². The fraction of sp³-hybridized carbons (Fsp3) is 0.308. The van der Waals surface area contributed by atoms with Crippen molar-refractivity contribution in [2.24, 2.45) is 0 Å². The molecule has 0 atom stereocenters. The quantitative estimate of drug-likeness (QED) is 0.897. The standard InChI is InChI=1S/C13H15BrN2O3S/c1-3-8-15-13(17)12-11(14)9-6-4-5-7-10(9)20(18,19)16(12)2/h4-7H,3,8H2,1-2H3,(H,15,17). The van der Waals surface area contributed by atoms with Crippen molar-refractivity contribution in [3.63, 3.8) is 0 Å². The van der Waals surface area contributed by atoms with Crippen LogP contribution in [0.15, 0.2) is 34.9 Å². The third-order valence-electron chi connectivity index (χ3n) is 3.04. The number of fused-ring (bicyclic) bond motifs is 1. The minimum absolute atomic E-state index is 0.108. The van der Waals surface area contributed by atoms with Gasteiger partial charge in [-0.15, -0.1) is 0 Å². The summed E-state index contributed by atoms with van der Waals surface area (Å²) in [6.45, 7) is 2.43. The molecule has 0 aromatic heterocycles. The van der Waals surface area contributed by atoms with Crippen molar-refractivity contribution >= 4 is 36.3 Å². The number of carbonyl (C=O) groups is 1. The van der Waals surface area contributed by atoms with Crippen LogP contribution >= 0.6 is 15.9 Å². The molecule has 0 radical (unpaired) electrons. The summed E-state index contributed by atoms with van der Waals surface area (Å²) < 4.78 is 26.4. The minimum Gasteiger partial charge on any atom is -0.351 e. The number of carbonyl (C=O) groups excluding carboxylic acids is 1. The van der Waals surface area contributed by atoms with Crippen LogP contribution < -0.4 is 5.32 Å². The Kier molecular flexibility index (Phi) is 4.19. The van der Waals surface area contributed by atoms with Crippen molar-refractivity contribution in [3.8, 4) is 0 Å². The molecular weight excluding hydrogens is 344 g/mol. The lowest BCUT2D eigenvalue weighted by Gasteiger charge is -2.28. The Morgan fingerprint density at radius 3 is 2.65 bits per heavy atom. The van der Waals surface area contributed by atoms with Gasteiger partial charge >= 0.3 is 0 Å². The van der Waals surface area contributed by atoms with Gasteiger partial charge in [-0.25, -0.2) is 8.42 Å². The Balaban J connectivity index is 2.60. The first-order chi connectivity index (χ1) is 9.41. The number of rotatable bonds is 3. The second-order valence-corrected chi connectivity index (χ2v) is 7.12. The maximum absolute atomic E-state index is 12.4. The molecule has 0 spiro atoms. The number of benzene rings is 1. The molecule has 5 nitrogen and oxygen atoms in total. The van der Waals surface area contributed by atoms with Crippen LogP contribution in [-0.2, 0) is 14.8 Å². The van der Waals surface area contributed by atoms with Crippen LogP contribution in [0, 0.1) is 0 Å². The number of likely N-dealkylation sites (N-methyl/N-ethyl adjacent to an activating group) is 1. The topological polar surface area (TPSA) is 66.5 Å². The van der Waals surface area contributed by atoms with Gasteiger partial charge in [0.2, 0.25) is 0 Å². The van der Waals surface area contributed by atoms with Gasteiger partial charge in [-0.2, -0.15) is 0 Å². The lowest BCUT2D eigenvalue weighted by atomic mass is 10.2. The van der Waals surface area contributed by atoms with Crippen molar-refractivity contribution in [1.82, 2.24) is 9.62 Å². The number of nitrogens with one attached hydrogen (secondary N) is 1. The van der Waals surface area contributed by atoms with E-state index in [0.717, 1.165) is 10.7 Å². The molecule has 1 amide bonds. The Morgan fingerprint density at radius 1 is 1.35 bits per heavy atom. The summed E-state index contributed by atoms with van der Waals surface area (Å²) in [5.74, 6) is -0.403. The Morgan fingerprint density at radius 2 is 2.00 bits per heavy atom. The summed E-state index contributed by atoms with van der Waals surface area (Å²) in [5, 5.41) is 2.70. The largest absolute Gasteiger partial charge is 0.351 e. The van der Waals surface area contributed by atoms with Crippen LogP contribution in [0.2, 0.25) is 0 Å². The third-order valence-corrected chi connectivity index (χ3v) is 5.65. The highest BCUT2D eigenvalue weighted by molar-refractivity contribution is 9.15. The molecule has 2 rings (SSSR count). The average molecular weight is 359 g/mol. The molecule has 20 heavy (non-hydrogen) atoms. The van der Waals surface area contributed by atoms with Crippen LogP contribution in [0.3, 0.4) is 0 Å². The number of hydrogen-bond acceptors (Lipinski definition) is 3. The normalized spacial score (nSPS) is 16.9. The van der Waals surface area contributed by atoms with E-state index in [-0.39, 0.29) is 10.6 Å². The molecule has 108 valence electrons. The van der Waals surface area contributed by atoms with Gasteiger partial charge in [-0.3, -0.25) is 9.10 Å². The van der Waals surface area contributed by atoms with Crippen molar-refractivity contribution in [2.75, 3.05) is 13.6 Å². The van der Waals surface area contributed by atoms with E-state index in [1.54, 1.807) is 18.2 Å². The van der Waals surface area contributed by atoms with E-state index in [0.29, 0.717) is 16.6 Å². The fourth-order valence-electron chi connectivity index (χ4n) is 1.97. The predicted molar refractivity (Wildman–Crippen MR) is 80.5 cm³/mol. The van der Waals surface area contributed by atoms with Crippen molar-refractivity contribution in [3.05, 3.63) is 35.5 Å². The molecule has 0 unspecified atom stereocenters. The molecule has 1 aromatic carbocycles. The molecule has 0 fully saturated rings. The molecule has 1 N–H and O–H groups in total. The summed E-state index contributed by atoms with van der Waals surface area (Å²) in [6.07, 6.45) is 0.781. The average Bonchev–Trinajstić information content (AvgIpc) is 2.43. The summed E-state index contributed by atoms with van der Waals surface area (Å²) in [7, 11) is -2.31. The second-order valence-electron chi connectivity index (χ2n) is 4.39. The van der Waals surface area contributed by atoms with E-state index >= 15 is 0 Å². The maximum Gasteiger partial charge on any atom is 0.269 e. The molecule has 1 aromatic rings. The van der Waals surface area contributed by atoms with Crippen molar-refractivity contribution in [2.45, 2.75) is 18.2 Å². The summed E-state index contributed by atoms with van der Waals surface area (Å²) in [6, 6.07) is 6.61. The summed E-state index contributed by atoms with van der Waals surface area (Å²) in [4.78, 5) is 12.4. The van der Waals surface area contributed by atoms with Gasteiger partial charge < -0.3 is 5.32 Å². The molecule has 0 bridgehead atoms. The van der Waals surface area contributed by atoms with Crippen LogP contribution in [0.25, 0.3) is 4.48 Å². The zero-order valence-corrected chi connectivity index (χ0v) is 13.6. The third kappa shape index (κ3) is 2.35. The van der Waals surface area contributed by atoms with Crippen LogP contribution in [-0.4, -0.2) is 32.2 Å². The van der Waals surface area contributed by atoms with Crippen LogP contribution in [0.5, 0.6) is 0 Å². The molecule has 0 aliphatic carbocycles. The zero-order valence-electron chi connectivity index (χ0n) is 11.2. The Hall–Kier alpha value is -1.34. The highest BCUT2D eigenvalue weighted by Gasteiger charge is 2.36. The molecule has 1 aliphatic heterocycles. The van der Waals surface area contributed by atoms with E-state index in [2.05, 4.69) is 21.2 Å². The van der Waals surface area contributed by atoms with Gasteiger partial charge in [0.25, 0.3) is 15.9 Å². The second kappa shape index (κ2) is 5.57. The molecule has 7 heteroatoms. The number of sulfonamides is 1. The molecule has 1 heterocycles. The fourth-order valence-corrected chi connectivity index (χ4v) is 4.42. The smallest absolute Gasteiger partial charge is 0.269 e. The number of nitrogens with zero attached hydrogens (tertiary/aromatic N) is 1. The van der Waals surface area contributed by atoms with Gasteiger partial charge in [0.15, 0.2) is 0 Å². The molecule has 0 saturated carbocycles. The van der Waals surface area contributed by atoms with Crippen LogP contribution in [0.1, 0.15) is 18.9 Å². The first kappa shape index (κ1) is 15.1. The number of halogens is 1. The first-order valence-electron chi connectivity index (χ1n) is 6.17. The van der Waals surface area contributed by atoms with E-state index in [4.69, 9.17) is 0 Å². The zero-order chi connectivity index (χ0) is 14.9. The Labute approximate surface area is 126 Å². The summed E-state index contributed by atoms with van der Waals surface area (Å²) in [5.41, 5.74) is 0.615. The monoisotopic (exact) mass is 358 g/mol. The highest BCUT2D eigenvalue weighted by Crippen LogP contribution is 2.38. The molecule has 0 saturated heterocycles. The van der Waals surface area contributed by atoms with Crippen LogP contribution in [0.4, 0.5) is 0 Å². The molecular formula is C13H15BrN2O3S.